The minimum Gasteiger partial charge on any atom is -0.480 e. The van der Waals surface area contributed by atoms with Crippen molar-refractivity contribution in [2.45, 2.75) is 45.3 Å². The number of carbonyl (C=O) groups is 2. The third kappa shape index (κ3) is 2.82. The summed E-state index contributed by atoms with van der Waals surface area (Å²) in [6.07, 6.45) is 1.92. The molecule has 1 aromatic heterocycles. The number of rotatable bonds is 4. The van der Waals surface area contributed by atoms with E-state index in [0.717, 1.165) is 11.4 Å². The molecule has 7 heteroatoms. The second-order valence-corrected chi connectivity index (χ2v) is 5.52. The van der Waals surface area contributed by atoms with Crippen LogP contribution in [-0.2, 0) is 22.6 Å². The number of aromatic amines is 1. The molecule has 0 spiro atoms. The average Bonchev–Trinajstić information content (AvgIpc) is 2.83. The summed E-state index contributed by atoms with van der Waals surface area (Å²) in [5, 5.41) is 9.30. The van der Waals surface area contributed by atoms with Crippen LogP contribution in [-0.4, -0.2) is 43.9 Å². The topological polar surface area (TPSA) is 112 Å². The van der Waals surface area contributed by atoms with Crippen molar-refractivity contribution in [3.05, 3.63) is 17.7 Å². The number of hydrogen-bond acceptors (Lipinski definition) is 4. The van der Waals surface area contributed by atoms with Gasteiger partial charge in [-0.25, -0.2) is 9.78 Å². The van der Waals surface area contributed by atoms with Crippen LogP contribution in [0, 0.1) is 5.92 Å². The van der Waals surface area contributed by atoms with Crippen molar-refractivity contribution in [3.63, 3.8) is 0 Å². The Hall–Kier alpha value is -1.89. The Bertz CT molecular complexity index is 511. The lowest BCUT2D eigenvalue weighted by Crippen LogP contribution is -2.50. The van der Waals surface area contributed by atoms with Gasteiger partial charge in [0.1, 0.15) is 6.04 Å². The van der Waals surface area contributed by atoms with Crippen LogP contribution in [0.3, 0.4) is 0 Å². The van der Waals surface area contributed by atoms with Crippen LogP contribution in [0.25, 0.3) is 0 Å². The van der Waals surface area contributed by atoms with Gasteiger partial charge in [-0.15, -0.1) is 0 Å². The highest BCUT2D eigenvalue weighted by Crippen LogP contribution is 2.22. The first-order chi connectivity index (χ1) is 9.40. The van der Waals surface area contributed by atoms with Crippen LogP contribution in [0.2, 0.25) is 0 Å². The van der Waals surface area contributed by atoms with E-state index in [2.05, 4.69) is 9.97 Å². The number of nitrogens with two attached hydrogens (primary N) is 1. The van der Waals surface area contributed by atoms with E-state index in [4.69, 9.17) is 5.73 Å². The van der Waals surface area contributed by atoms with E-state index < -0.39 is 12.0 Å². The van der Waals surface area contributed by atoms with Crippen LogP contribution in [0.4, 0.5) is 0 Å². The van der Waals surface area contributed by atoms with Gasteiger partial charge in [-0.2, -0.15) is 0 Å². The van der Waals surface area contributed by atoms with Crippen molar-refractivity contribution >= 4 is 11.9 Å². The Labute approximate surface area is 117 Å². The molecule has 2 rings (SSSR count). The van der Waals surface area contributed by atoms with Crippen molar-refractivity contribution in [2.24, 2.45) is 11.7 Å². The third-order valence-electron chi connectivity index (χ3n) is 3.77. The fourth-order valence-electron chi connectivity index (χ4n) is 2.27. The van der Waals surface area contributed by atoms with Crippen LogP contribution >= 0.6 is 0 Å². The number of carbonyl (C=O) groups excluding carboxylic acids is 1. The van der Waals surface area contributed by atoms with E-state index in [9.17, 15) is 14.7 Å². The number of hydrogen-bond donors (Lipinski definition) is 3. The number of imidazole rings is 1. The molecule has 1 aliphatic heterocycles. The molecule has 0 radical (unpaired) electrons. The number of aromatic nitrogens is 2. The van der Waals surface area contributed by atoms with Gasteiger partial charge < -0.3 is 20.7 Å². The maximum Gasteiger partial charge on any atom is 0.326 e. The zero-order valence-corrected chi connectivity index (χ0v) is 11.7. The third-order valence-corrected chi connectivity index (χ3v) is 3.77. The van der Waals surface area contributed by atoms with Crippen molar-refractivity contribution in [1.29, 1.82) is 0 Å². The van der Waals surface area contributed by atoms with Crippen molar-refractivity contribution < 1.29 is 14.7 Å². The van der Waals surface area contributed by atoms with Crippen molar-refractivity contribution in [2.75, 3.05) is 0 Å². The fraction of sp³-hybridized carbons (Fsp3) is 0.615. The van der Waals surface area contributed by atoms with E-state index in [1.165, 1.54) is 11.2 Å². The number of amides is 1. The molecule has 0 aliphatic carbocycles. The van der Waals surface area contributed by atoms with Gasteiger partial charge in [-0.1, -0.05) is 13.8 Å². The first kappa shape index (κ1) is 14.5. The van der Waals surface area contributed by atoms with Crippen LogP contribution in [0.15, 0.2) is 6.33 Å². The fourth-order valence-corrected chi connectivity index (χ4v) is 2.27. The molecular weight excluding hydrogens is 260 g/mol. The molecule has 0 bridgehead atoms. The Kier molecular flexibility index (Phi) is 4.08. The molecule has 110 valence electrons. The predicted molar refractivity (Wildman–Crippen MR) is 71.7 cm³/mol. The maximum absolute atomic E-state index is 12.3. The first-order valence-corrected chi connectivity index (χ1v) is 6.69. The van der Waals surface area contributed by atoms with Gasteiger partial charge in [-0.05, 0) is 5.92 Å². The largest absolute Gasteiger partial charge is 0.480 e. The van der Waals surface area contributed by atoms with E-state index >= 15 is 0 Å². The van der Waals surface area contributed by atoms with Gasteiger partial charge in [0.25, 0.3) is 0 Å². The molecule has 2 atom stereocenters. The number of H-pyrrole nitrogens is 1. The number of carboxylic acid groups (broad SMARTS) is 1. The molecule has 1 aromatic rings. The predicted octanol–water partition coefficient (Wildman–Crippen LogP) is 0.121. The summed E-state index contributed by atoms with van der Waals surface area (Å²) in [5.41, 5.74) is 7.42. The maximum atomic E-state index is 12.3. The zero-order chi connectivity index (χ0) is 14.9. The SMILES string of the molecule is CC(C)C(N)CC(=O)N1Cc2[nH]cnc2CC1C(=O)O. The van der Waals surface area contributed by atoms with E-state index in [1.54, 1.807) is 0 Å². The second-order valence-electron chi connectivity index (χ2n) is 5.52. The quantitative estimate of drug-likeness (QED) is 0.725. The second kappa shape index (κ2) is 5.62. The highest BCUT2D eigenvalue weighted by atomic mass is 16.4. The number of carboxylic acids is 1. The Balaban J connectivity index is 2.16. The lowest BCUT2D eigenvalue weighted by Gasteiger charge is -2.33. The number of nitrogens with one attached hydrogen (secondary N) is 1. The van der Waals surface area contributed by atoms with E-state index in [1.807, 2.05) is 13.8 Å². The van der Waals surface area contributed by atoms with Gasteiger partial charge in [0.05, 0.1) is 24.3 Å². The summed E-state index contributed by atoms with van der Waals surface area (Å²) in [6, 6.07) is -1.13. The Morgan fingerprint density at radius 1 is 1.60 bits per heavy atom. The highest BCUT2D eigenvalue weighted by Gasteiger charge is 2.36. The van der Waals surface area contributed by atoms with Crippen LogP contribution in [0.1, 0.15) is 31.7 Å². The molecule has 0 saturated carbocycles. The summed E-state index contributed by atoms with van der Waals surface area (Å²) in [6.45, 7) is 4.13. The molecule has 0 aromatic carbocycles. The Morgan fingerprint density at radius 3 is 2.90 bits per heavy atom. The lowest BCUT2D eigenvalue weighted by atomic mass is 9.98. The molecular formula is C13H20N4O3. The van der Waals surface area contributed by atoms with E-state index in [0.29, 0.717) is 0 Å². The number of nitrogens with zero attached hydrogens (tertiary/aromatic N) is 2. The summed E-state index contributed by atoms with van der Waals surface area (Å²) in [5.74, 6) is -1.06. The molecule has 0 saturated heterocycles. The molecule has 2 unspecified atom stereocenters. The molecule has 1 aliphatic rings. The number of fused-ring (bicyclic) bond motifs is 1. The summed E-state index contributed by atoms with van der Waals surface area (Å²) >= 11 is 0. The summed E-state index contributed by atoms with van der Waals surface area (Å²) < 4.78 is 0. The van der Waals surface area contributed by atoms with Crippen LogP contribution in [0.5, 0.6) is 0 Å². The van der Waals surface area contributed by atoms with Gasteiger partial charge in [0, 0.05) is 18.9 Å². The van der Waals surface area contributed by atoms with Crippen LogP contribution < -0.4 is 5.73 Å². The van der Waals surface area contributed by atoms with E-state index in [-0.39, 0.29) is 37.3 Å². The van der Waals surface area contributed by atoms with Gasteiger partial charge in [0.2, 0.25) is 5.91 Å². The minimum atomic E-state index is -1.01. The van der Waals surface area contributed by atoms with Gasteiger partial charge >= 0.3 is 5.97 Å². The normalized spacial score (nSPS) is 19.8. The average molecular weight is 280 g/mol. The first-order valence-electron chi connectivity index (χ1n) is 6.69. The molecule has 0 fully saturated rings. The lowest BCUT2D eigenvalue weighted by molar-refractivity contribution is -0.151. The van der Waals surface area contributed by atoms with Crippen molar-refractivity contribution in [1.82, 2.24) is 14.9 Å². The summed E-state index contributed by atoms with van der Waals surface area (Å²) in [7, 11) is 0. The van der Waals surface area contributed by atoms with Crippen molar-refractivity contribution in [3.8, 4) is 0 Å². The monoisotopic (exact) mass is 280 g/mol. The molecule has 1 amide bonds. The smallest absolute Gasteiger partial charge is 0.326 e. The Morgan fingerprint density at radius 2 is 2.30 bits per heavy atom. The number of aliphatic carboxylic acids is 1. The molecule has 4 N–H and O–H groups in total. The highest BCUT2D eigenvalue weighted by molar-refractivity contribution is 5.84. The molecule has 2 heterocycles. The summed E-state index contributed by atoms with van der Waals surface area (Å²) in [4.78, 5) is 32.1. The van der Waals surface area contributed by atoms with Gasteiger partial charge in [-0.3, -0.25) is 4.79 Å². The molecule has 20 heavy (non-hydrogen) atoms. The molecule has 7 nitrogen and oxygen atoms in total. The standard InChI is InChI=1S/C13H20N4O3/c1-7(2)8(14)3-12(18)17-5-10-9(15-6-16-10)4-11(17)13(19)20/h6-8,11H,3-5,14H2,1-2H3,(H,15,16)(H,19,20). The zero-order valence-electron chi connectivity index (χ0n) is 11.7. The van der Waals surface area contributed by atoms with Gasteiger partial charge in [0.15, 0.2) is 0 Å². The minimum absolute atomic E-state index is 0.158.